The van der Waals surface area contributed by atoms with Crippen LogP contribution >= 0.6 is 0 Å². The molecule has 0 aromatic heterocycles. The van der Waals surface area contributed by atoms with E-state index in [1.165, 1.54) is 11.0 Å². The van der Waals surface area contributed by atoms with E-state index < -0.39 is 5.41 Å². The van der Waals surface area contributed by atoms with Crippen molar-refractivity contribution in [2.45, 2.75) is 34.1 Å². The molecular weight excluding hydrogens is 280 g/mol. The molecular formula is C17H24N2O3. The zero-order valence-corrected chi connectivity index (χ0v) is 13.9. The molecule has 1 heterocycles. The van der Waals surface area contributed by atoms with Crippen LogP contribution in [-0.2, 0) is 9.59 Å². The maximum Gasteiger partial charge on any atom is 0.242 e. The molecule has 5 nitrogen and oxygen atoms in total. The average Bonchev–Trinajstić information content (AvgIpc) is 2.49. The summed E-state index contributed by atoms with van der Waals surface area (Å²) in [5.41, 5.74) is 0.109. The molecule has 0 unspecified atom stereocenters. The number of nitrogens with zero attached hydrogens (tertiary/aromatic N) is 2. The lowest BCUT2D eigenvalue weighted by Gasteiger charge is -2.28. The van der Waals surface area contributed by atoms with Gasteiger partial charge in [0.25, 0.3) is 0 Å². The molecule has 0 spiro atoms. The number of rotatable bonds is 3. The summed E-state index contributed by atoms with van der Waals surface area (Å²) < 4.78 is 0. The number of hydrogen-bond donors (Lipinski definition) is 1. The van der Waals surface area contributed by atoms with Gasteiger partial charge in [-0.1, -0.05) is 13.8 Å². The van der Waals surface area contributed by atoms with Gasteiger partial charge in [-0.15, -0.1) is 0 Å². The van der Waals surface area contributed by atoms with Crippen molar-refractivity contribution in [1.29, 1.82) is 0 Å². The maximum atomic E-state index is 12.9. The van der Waals surface area contributed by atoms with Crippen LogP contribution in [0.5, 0.6) is 5.75 Å². The van der Waals surface area contributed by atoms with Crippen LogP contribution in [0.1, 0.15) is 34.1 Å². The Hall–Kier alpha value is -2.04. The Morgan fingerprint density at radius 2 is 1.77 bits per heavy atom. The zero-order valence-electron chi connectivity index (χ0n) is 13.9. The summed E-state index contributed by atoms with van der Waals surface area (Å²) in [6.45, 7) is 8.06. The minimum absolute atomic E-state index is 0.0781. The number of benzene rings is 1. The number of hydrogen-bond acceptors (Lipinski definition) is 3. The Bertz CT molecular complexity index is 608. The van der Waals surface area contributed by atoms with Crippen LogP contribution in [-0.4, -0.2) is 30.5 Å². The summed E-state index contributed by atoms with van der Waals surface area (Å²) in [6, 6.07) is 4.78. The lowest BCUT2D eigenvalue weighted by molar-refractivity contribution is -0.137. The van der Waals surface area contributed by atoms with Gasteiger partial charge in [-0.2, -0.15) is 0 Å². The van der Waals surface area contributed by atoms with E-state index in [1.807, 2.05) is 0 Å². The van der Waals surface area contributed by atoms with Crippen LogP contribution < -0.4 is 9.80 Å². The highest BCUT2D eigenvalue weighted by molar-refractivity contribution is 6.20. The summed E-state index contributed by atoms with van der Waals surface area (Å²) in [5.74, 6) is 0.0633. The van der Waals surface area contributed by atoms with E-state index in [0.29, 0.717) is 23.8 Å². The van der Waals surface area contributed by atoms with E-state index in [2.05, 4.69) is 13.8 Å². The fourth-order valence-electron chi connectivity index (χ4n) is 2.68. The van der Waals surface area contributed by atoms with Gasteiger partial charge in [0, 0.05) is 19.7 Å². The monoisotopic (exact) mass is 304 g/mol. The van der Waals surface area contributed by atoms with Gasteiger partial charge in [0.15, 0.2) is 0 Å². The second-order valence-corrected chi connectivity index (χ2v) is 6.80. The van der Waals surface area contributed by atoms with E-state index in [4.69, 9.17) is 0 Å². The first kappa shape index (κ1) is 16.3. The molecule has 1 aromatic rings. The van der Waals surface area contributed by atoms with Gasteiger partial charge in [-0.3, -0.25) is 9.59 Å². The second-order valence-electron chi connectivity index (χ2n) is 6.80. The molecule has 1 N–H and O–H groups in total. The minimum atomic E-state index is -1.12. The average molecular weight is 304 g/mol. The number of amides is 2. The Morgan fingerprint density at radius 3 is 2.36 bits per heavy atom. The van der Waals surface area contributed by atoms with Crippen molar-refractivity contribution in [1.82, 2.24) is 0 Å². The van der Waals surface area contributed by atoms with Crippen LogP contribution in [0.25, 0.3) is 0 Å². The van der Waals surface area contributed by atoms with Crippen LogP contribution in [0.4, 0.5) is 11.4 Å². The van der Waals surface area contributed by atoms with Gasteiger partial charge >= 0.3 is 0 Å². The van der Waals surface area contributed by atoms with E-state index in [-0.39, 0.29) is 17.6 Å². The number of fused-ring (bicyclic) bond motifs is 1. The predicted molar refractivity (Wildman–Crippen MR) is 87.1 cm³/mol. The van der Waals surface area contributed by atoms with Gasteiger partial charge < -0.3 is 14.9 Å². The van der Waals surface area contributed by atoms with Gasteiger partial charge in [0.2, 0.25) is 11.8 Å². The quantitative estimate of drug-likeness (QED) is 0.874. The highest BCUT2D eigenvalue weighted by Crippen LogP contribution is 2.40. The maximum absolute atomic E-state index is 12.9. The van der Waals surface area contributed by atoms with Crippen LogP contribution in [0.3, 0.4) is 0 Å². The number of phenols is 1. The van der Waals surface area contributed by atoms with E-state index in [0.717, 1.165) is 6.42 Å². The first-order valence-electron chi connectivity index (χ1n) is 7.59. The Kier molecular flexibility index (Phi) is 4.18. The molecule has 22 heavy (non-hydrogen) atoms. The Balaban J connectivity index is 2.57. The SMILES string of the molecule is CC(C)CCN1C(=O)C(C)(C)C(=O)N(C)c2cc(O)ccc21. The molecule has 1 aliphatic heterocycles. The fraction of sp³-hybridized carbons (Fsp3) is 0.529. The third-order valence-electron chi connectivity index (χ3n) is 4.16. The van der Waals surface area contributed by atoms with Crippen molar-refractivity contribution < 1.29 is 14.7 Å². The summed E-state index contributed by atoms with van der Waals surface area (Å²) in [4.78, 5) is 28.7. The number of anilines is 2. The van der Waals surface area contributed by atoms with Crippen molar-refractivity contribution in [3.05, 3.63) is 18.2 Å². The van der Waals surface area contributed by atoms with Gasteiger partial charge in [-0.05, 0) is 38.3 Å². The van der Waals surface area contributed by atoms with Crippen molar-refractivity contribution in [3.63, 3.8) is 0 Å². The molecule has 0 radical (unpaired) electrons. The molecule has 0 atom stereocenters. The molecule has 0 saturated heterocycles. The topological polar surface area (TPSA) is 60.9 Å². The second kappa shape index (κ2) is 5.63. The number of carbonyl (C=O) groups excluding carboxylic acids is 2. The lowest BCUT2D eigenvalue weighted by Crippen LogP contribution is -2.47. The standard InChI is InChI=1S/C17H24N2O3/c1-11(2)8-9-19-13-7-6-12(20)10-14(13)18(5)15(21)17(3,4)16(19)22/h6-7,10-11,20H,8-9H2,1-5H3. The largest absolute Gasteiger partial charge is 0.508 e. The van der Waals surface area contributed by atoms with E-state index in [1.54, 1.807) is 37.9 Å². The smallest absolute Gasteiger partial charge is 0.242 e. The molecule has 2 amide bonds. The highest BCUT2D eigenvalue weighted by Gasteiger charge is 2.45. The molecule has 0 aliphatic carbocycles. The van der Waals surface area contributed by atoms with Gasteiger partial charge in [0.05, 0.1) is 11.4 Å². The molecule has 2 rings (SSSR count). The highest BCUT2D eigenvalue weighted by atomic mass is 16.3. The first-order valence-corrected chi connectivity index (χ1v) is 7.59. The van der Waals surface area contributed by atoms with Gasteiger partial charge in [0.1, 0.15) is 11.2 Å². The van der Waals surface area contributed by atoms with Crippen molar-refractivity contribution in [3.8, 4) is 5.75 Å². The summed E-state index contributed by atoms with van der Waals surface area (Å²) in [6.07, 6.45) is 0.847. The Morgan fingerprint density at radius 1 is 1.14 bits per heavy atom. The van der Waals surface area contributed by atoms with Gasteiger partial charge in [-0.25, -0.2) is 0 Å². The van der Waals surface area contributed by atoms with E-state index in [9.17, 15) is 14.7 Å². The molecule has 1 aliphatic rings. The van der Waals surface area contributed by atoms with Crippen LogP contribution in [0.2, 0.25) is 0 Å². The van der Waals surface area contributed by atoms with Crippen molar-refractivity contribution >= 4 is 23.2 Å². The number of carbonyl (C=O) groups is 2. The summed E-state index contributed by atoms with van der Waals surface area (Å²) >= 11 is 0. The molecule has 1 aromatic carbocycles. The fourth-order valence-corrected chi connectivity index (χ4v) is 2.68. The normalized spacial score (nSPS) is 17.7. The molecule has 0 fully saturated rings. The third-order valence-corrected chi connectivity index (χ3v) is 4.16. The summed E-state index contributed by atoms with van der Waals surface area (Å²) in [5, 5.41) is 9.74. The number of aromatic hydroxyl groups is 1. The van der Waals surface area contributed by atoms with Crippen molar-refractivity contribution in [2.24, 2.45) is 11.3 Å². The van der Waals surface area contributed by atoms with Crippen LogP contribution in [0.15, 0.2) is 18.2 Å². The molecule has 0 saturated carbocycles. The molecule has 5 heteroatoms. The number of phenolic OH excluding ortho intramolecular Hbond substituents is 1. The molecule has 0 bridgehead atoms. The van der Waals surface area contributed by atoms with E-state index >= 15 is 0 Å². The Labute approximate surface area is 131 Å². The molecule has 120 valence electrons. The third kappa shape index (κ3) is 2.67. The first-order chi connectivity index (χ1) is 10.2. The zero-order chi connectivity index (χ0) is 16.7. The van der Waals surface area contributed by atoms with Crippen LogP contribution in [0, 0.1) is 11.3 Å². The predicted octanol–water partition coefficient (Wildman–Crippen LogP) is 2.77. The summed E-state index contributed by atoms with van der Waals surface area (Å²) in [7, 11) is 1.64. The lowest BCUT2D eigenvalue weighted by atomic mass is 9.90. The van der Waals surface area contributed by atoms with Crippen molar-refractivity contribution in [2.75, 3.05) is 23.4 Å². The minimum Gasteiger partial charge on any atom is -0.508 e.